The van der Waals surface area contributed by atoms with Gasteiger partial charge in [-0.1, -0.05) is 6.42 Å². The number of ketones is 1. The van der Waals surface area contributed by atoms with Gasteiger partial charge in [-0.15, -0.1) is 0 Å². The number of hydrogen-bond donors (Lipinski definition) is 0. The molecule has 1 aliphatic carbocycles. The fourth-order valence-electron chi connectivity index (χ4n) is 1.38. The van der Waals surface area contributed by atoms with Gasteiger partial charge in [-0.3, -0.25) is 9.69 Å². The predicted octanol–water partition coefficient (Wildman–Crippen LogP) is 0.953. The topological polar surface area (TPSA) is 44.1 Å². The third-order valence-corrected chi connectivity index (χ3v) is 2.40. The molecule has 12 heavy (non-hydrogen) atoms. The molecule has 0 aromatic carbocycles. The van der Waals surface area contributed by atoms with Crippen LogP contribution in [-0.2, 0) is 4.79 Å². The normalized spacial score (nSPS) is 17.1. The summed E-state index contributed by atoms with van der Waals surface area (Å²) in [4.78, 5) is 13.1. The fraction of sp³-hybridized carbons (Fsp3) is 0.778. The number of likely N-dealkylation sites (N-methyl/N-ethyl adjacent to an activating group) is 1. The Kier molecular flexibility index (Phi) is 3.24. The van der Waals surface area contributed by atoms with E-state index in [0.29, 0.717) is 12.6 Å². The molecule has 3 nitrogen and oxygen atoms in total. The van der Waals surface area contributed by atoms with Crippen LogP contribution in [0.15, 0.2) is 0 Å². The van der Waals surface area contributed by atoms with E-state index in [2.05, 4.69) is 4.90 Å². The molecule has 0 atom stereocenters. The summed E-state index contributed by atoms with van der Waals surface area (Å²) >= 11 is 0. The fourth-order valence-corrected chi connectivity index (χ4v) is 1.38. The monoisotopic (exact) mass is 166 g/mol. The van der Waals surface area contributed by atoms with Crippen molar-refractivity contribution in [1.82, 2.24) is 4.90 Å². The summed E-state index contributed by atoms with van der Waals surface area (Å²) in [6.07, 6.45) is 3.74. The van der Waals surface area contributed by atoms with Crippen molar-refractivity contribution in [3.05, 3.63) is 0 Å². The Morgan fingerprint density at radius 3 is 2.75 bits per heavy atom. The van der Waals surface area contributed by atoms with Gasteiger partial charge in [0.25, 0.3) is 0 Å². The predicted molar refractivity (Wildman–Crippen MR) is 45.5 cm³/mol. The zero-order valence-corrected chi connectivity index (χ0v) is 7.42. The van der Waals surface area contributed by atoms with Crippen LogP contribution in [0.2, 0.25) is 0 Å². The summed E-state index contributed by atoms with van der Waals surface area (Å²) in [7, 11) is 1.96. The number of hydrogen-bond acceptors (Lipinski definition) is 3. The molecule has 0 N–H and O–H groups in total. The maximum absolute atomic E-state index is 11.0. The molecule has 0 heterocycles. The largest absolute Gasteiger partial charge is 0.297 e. The molecule has 3 heteroatoms. The SMILES string of the molecule is CN(CC(=O)CC#N)C1CCC1. The Labute approximate surface area is 73.0 Å². The molecule has 1 aliphatic rings. The van der Waals surface area contributed by atoms with Crippen molar-refractivity contribution in [1.29, 1.82) is 5.26 Å². The van der Waals surface area contributed by atoms with Crippen molar-refractivity contribution >= 4 is 5.78 Å². The highest BCUT2D eigenvalue weighted by atomic mass is 16.1. The first-order valence-electron chi connectivity index (χ1n) is 4.33. The van der Waals surface area contributed by atoms with Crippen molar-refractivity contribution in [2.75, 3.05) is 13.6 Å². The van der Waals surface area contributed by atoms with E-state index in [0.717, 1.165) is 0 Å². The average Bonchev–Trinajstić information content (AvgIpc) is 1.82. The van der Waals surface area contributed by atoms with E-state index < -0.39 is 0 Å². The molecule has 0 aromatic rings. The second-order valence-electron chi connectivity index (χ2n) is 3.37. The highest BCUT2D eigenvalue weighted by Gasteiger charge is 2.22. The Balaban J connectivity index is 2.21. The van der Waals surface area contributed by atoms with Crippen LogP contribution in [0.3, 0.4) is 0 Å². The van der Waals surface area contributed by atoms with Gasteiger partial charge in [0.2, 0.25) is 0 Å². The van der Waals surface area contributed by atoms with E-state index in [4.69, 9.17) is 5.26 Å². The summed E-state index contributed by atoms with van der Waals surface area (Å²) < 4.78 is 0. The zero-order valence-electron chi connectivity index (χ0n) is 7.42. The van der Waals surface area contributed by atoms with Crippen LogP contribution < -0.4 is 0 Å². The number of nitriles is 1. The maximum Gasteiger partial charge on any atom is 0.160 e. The number of rotatable bonds is 4. The van der Waals surface area contributed by atoms with Crippen molar-refractivity contribution in [2.24, 2.45) is 0 Å². The first-order chi connectivity index (χ1) is 5.74. The number of carbonyl (C=O) groups excluding carboxylic acids is 1. The number of Topliss-reactive ketones (excluding diaryl/α,β-unsaturated/α-hetero) is 1. The minimum absolute atomic E-state index is 0.0342. The van der Waals surface area contributed by atoms with Crippen molar-refractivity contribution in [3.8, 4) is 6.07 Å². The molecule has 0 amide bonds. The molecule has 0 unspecified atom stereocenters. The molecule has 0 bridgehead atoms. The molecular formula is C9H14N2O. The second-order valence-corrected chi connectivity index (χ2v) is 3.37. The lowest BCUT2D eigenvalue weighted by atomic mass is 9.92. The average molecular weight is 166 g/mol. The summed E-state index contributed by atoms with van der Waals surface area (Å²) in [6.45, 7) is 0.443. The molecular weight excluding hydrogens is 152 g/mol. The van der Waals surface area contributed by atoms with Gasteiger partial charge in [0.15, 0.2) is 5.78 Å². The van der Waals surface area contributed by atoms with Crippen LogP contribution in [-0.4, -0.2) is 30.3 Å². The third-order valence-electron chi connectivity index (χ3n) is 2.40. The van der Waals surface area contributed by atoms with Crippen LogP contribution in [0.4, 0.5) is 0 Å². The Hall–Kier alpha value is -0.880. The molecule has 0 spiro atoms. The van der Waals surface area contributed by atoms with Crippen LogP contribution >= 0.6 is 0 Å². The van der Waals surface area contributed by atoms with Gasteiger partial charge >= 0.3 is 0 Å². The minimum Gasteiger partial charge on any atom is -0.297 e. The van der Waals surface area contributed by atoms with Gasteiger partial charge in [-0.05, 0) is 19.9 Å². The second kappa shape index (κ2) is 4.22. The van der Waals surface area contributed by atoms with Crippen molar-refractivity contribution < 1.29 is 4.79 Å². The van der Waals surface area contributed by atoms with Gasteiger partial charge in [0.05, 0.1) is 19.0 Å². The summed E-state index contributed by atoms with van der Waals surface area (Å²) in [5.41, 5.74) is 0. The summed E-state index contributed by atoms with van der Waals surface area (Å²) in [5, 5.41) is 8.27. The molecule has 0 saturated heterocycles. The molecule has 1 fully saturated rings. The molecule has 1 saturated carbocycles. The smallest absolute Gasteiger partial charge is 0.160 e. The number of carbonyl (C=O) groups is 1. The lowest BCUT2D eigenvalue weighted by molar-refractivity contribution is -0.119. The van der Waals surface area contributed by atoms with Gasteiger partial charge in [0.1, 0.15) is 0 Å². The summed E-state index contributed by atoms with van der Waals surface area (Å²) in [5.74, 6) is 0.0342. The van der Waals surface area contributed by atoms with E-state index in [1.54, 1.807) is 0 Å². The Morgan fingerprint density at radius 1 is 1.67 bits per heavy atom. The van der Waals surface area contributed by atoms with Gasteiger partial charge in [0, 0.05) is 6.04 Å². The highest BCUT2D eigenvalue weighted by Crippen LogP contribution is 2.23. The highest BCUT2D eigenvalue weighted by molar-refractivity contribution is 5.82. The Bertz CT molecular complexity index is 203. The van der Waals surface area contributed by atoms with E-state index in [1.165, 1.54) is 19.3 Å². The van der Waals surface area contributed by atoms with Crippen LogP contribution in [0.5, 0.6) is 0 Å². The van der Waals surface area contributed by atoms with E-state index >= 15 is 0 Å². The molecule has 0 aliphatic heterocycles. The summed E-state index contributed by atoms with van der Waals surface area (Å²) in [6, 6.07) is 2.46. The third kappa shape index (κ3) is 2.31. The van der Waals surface area contributed by atoms with Gasteiger partial charge in [-0.25, -0.2) is 0 Å². The van der Waals surface area contributed by atoms with Crippen molar-refractivity contribution in [2.45, 2.75) is 31.7 Å². The van der Waals surface area contributed by atoms with Crippen LogP contribution in [0, 0.1) is 11.3 Å². The van der Waals surface area contributed by atoms with Crippen LogP contribution in [0.25, 0.3) is 0 Å². The maximum atomic E-state index is 11.0. The minimum atomic E-state index is 0.0342. The molecule has 66 valence electrons. The van der Waals surface area contributed by atoms with Crippen molar-refractivity contribution in [3.63, 3.8) is 0 Å². The first-order valence-corrected chi connectivity index (χ1v) is 4.33. The van der Waals surface area contributed by atoms with E-state index in [9.17, 15) is 4.79 Å². The van der Waals surface area contributed by atoms with Gasteiger partial charge < -0.3 is 0 Å². The molecule has 1 rings (SSSR count). The number of nitrogens with zero attached hydrogens (tertiary/aromatic N) is 2. The van der Waals surface area contributed by atoms with Gasteiger partial charge in [-0.2, -0.15) is 5.26 Å². The van der Waals surface area contributed by atoms with Crippen LogP contribution in [0.1, 0.15) is 25.7 Å². The lowest BCUT2D eigenvalue weighted by Gasteiger charge is -2.34. The molecule has 0 radical (unpaired) electrons. The standard InChI is InChI=1S/C9H14N2O/c1-11(8-3-2-4-8)7-9(12)5-6-10/h8H,2-5,7H2,1H3. The van der Waals surface area contributed by atoms with E-state index in [1.807, 2.05) is 13.1 Å². The molecule has 0 aromatic heterocycles. The Morgan fingerprint density at radius 2 is 2.33 bits per heavy atom. The lowest BCUT2D eigenvalue weighted by Crippen LogP contribution is -2.40. The first kappa shape index (κ1) is 9.21. The quantitative estimate of drug-likeness (QED) is 0.624. The van der Waals surface area contributed by atoms with E-state index in [-0.39, 0.29) is 12.2 Å². The zero-order chi connectivity index (χ0) is 8.97.